The van der Waals surface area contributed by atoms with Gasteiger partial charge in [0.15, 0.2) is 0 Å². The van der Waals surface area contributed by atoms with Crippen molar-refractivity contribution in [2.75, 3.05) is 23.7 Å². The molecule has 0 spiro atoms. The third-order valence-electron chi connectivity index (χ3n) is 2.63. The van der Waals surface area contributed by atoms with Crippen molar-refractivity contribution < 1.29 is 10.0 Å². The maximum absolute atomic E-state index is 10.9. The van der Waals surface area contributed by atoms with Gasteiger partial charge < -0.3 is 15.7 Å². The summed E-state index contributed by atoms with van der Waals surface area (Å²) in [6.07, 6.45) is 2.99. The molecule has 20 heavy (non-hydrogen) atoms. The Morgan fingerprint density at radius 3 is 2.75 bits per heavy atom. The Hall–Kier alpha value is -1.96. The molecular weight excluding hydrogens is 262 g/mol. The molecule has 0 aliphatic carbocycles. The van der Waals surface area contributed by atoms with Crippen molar-refractivity contribution in [2.24, 2.45) is 0 Å². The molecule has 0 aliphatic rings. The summed E-state index contributed by atoms with van der Waals surface area (Å²) >= 11 is 0. The highest BCUT2D eigenvalue weighted by Gasteiger charge is 2.17. The van der Waals surface area contributed by atoms with E-state index in [1.807, 2.05) is 13.8 Å². The van der Waals surface area contributed by atoms with Crippen LogP contribution in [0.2, 0.25) is 0 Å². The summed E-state index contributed by atoms with van der Waals surface area (Å²) < 4.78 is 0. The van der Waals surface area contributed by atoms with Crippen molar-refractivity contribution in [2.45, 2.75) is 39.2 Å². The second-order valence-electron chi connectivity index (χ2n) is 4.43. The molecule has 0 fully saturated rings. The van der Waals surface area contributed by atoms with Crippen LogP contribution in [0, 0.1) is 10.1 Å². The molecule has 0 bridgehead atoms. The summed E-state index contributed by atoms with van der Waals surface area (Å²) in [5.41, 5.74) is -0.198. The maximum Gasteiger partial charge on any atom is 0.329 e. The largest absolute Gasteiger partial charge is 0.391 e. The van der Waals surface area contributed by atoms with Crippen LogP contribution in [0.4, 0.5) is 17.5 Å². The number of rotatable bonds is 9. The molecule has 1 rings (SSSR count). The molecule has 0 radical (unpaired) electrons. The van der Waals surface area contributed by atoms with E-state index in [2.05, 4.69) is 20.6 Å². The highest BCUT2D eigenvalue weighted by Crippen LogP contribution is 2.22. The lowest BCUT2D eigenvalue weighted by molar-refractivity contribution is -0.384. The minimum absolute atomic E-state index is 0.124. The van der Waals surface area contributed by atoms with E-state index in [4.69, 9.17) is 0 Å². The van der Waals surface area contributed by atoms with Gasteiger partial charge in [-0.25, -0.2) is 4.98 Å². The molecule has 0 amide bonds. The average Bonchev–Trinajstić information content (AvgIpc) is 2.43. The number of nitrogens with zero attached hydrogens (tertiary/aromatic N) is 3. The second kappa shape index (κ2) is 8.26. The second-order valence-corrected chi connectivity index (χ2v) is 4.43. The highest BCUT2D eigenvalue weighted by atomic mass is 16.6. The number of hydrogen-bond donors (Lipinski definition) is 3. The van der Waals surface area contributed by atoms with Gasteiger partial charge in [0.2, 0.25) is 11.8 Å². The van der Waals surface area contributed by atoms with Crippen LogP contribution in [-0.4, -0.2) is 39.2 Å². The SMILES string of the molecule is CCCNc1ncc([N+](=O)[O-])c(NCC(O)CCC)n1. The van der Waals surface area contributed by atoms with E-state index in [1.165, 1.54) is 6.20 Å². The quantitative estimate of drug-likeness (QED) is 0.467. The molecule has 0 aromatic carbocycles. The lowest BCUT2D eigenvalue weighted by Crippen LogP contribution is -2.20. The molecule has 1 aromatic heterocycles. The number of nitro groups is 1. The molecular formula is C12H21N5O3. The predicted molar refractivity (Wildman–Crippen MR) is 76.9 cm³/mol. The zero-order valence-corrected chi connectivity index (χ0v) is 11.8. The van der Waals surface area contributed by atoms with Crippen LogP contribution in [-0.2, 0) is 0 Å². The van der Waals surface area contributed by atoms with Crippen molar-refractivity contribution in [3.8, 4) is 0 Å². The summed E-state index contributed by atoms with van der Waals surface area (Å²) in [4.78, 5) is 18.3. The van der Waals surface area contributed by atoms with Gasteiger partial charge in [-0.05, 0) is 12.8 Å². The molecule has 1 heterocycles. The summed E-state index contributed by atoms with van der Waals surface area (Å²) in [6.45, 7) is 4.87. The van der Waals surface area contributed by atoms with E-state index in [9.17, 15) is 15.2 Å². The van der Waals surface area contributed by atoms with Crippen LogP contribution in [0.3, 0.4) is 0 Å². The standard InChI is InChI=1S/C12H21N5O3/c1-3-5-9(18)7-14-11-10(17(19)20)8-15-12(16-11)13-6-4-2/h8-9,18H,3-7H2,1-2H3,(H2,13,14,15,16). The van der Waals surface area contributed by atoms with Crippen molar-refractivity contribution in [1.29, 1.82) is 0 Å². The number of aromatic nitrogens is 2. The van der Waals surface area contributed by atoms with E-state index in [0.29, 0.717) is 18.9 Å². The van der Waals surface area contributed by atoms with E-state index < -0.39 is 11.0 Å². The van der Waals surface area contributed by atoms with E-state index in [1.54, 1.807) is 0 Å². The van der Waals surface area contributed by atoms with Gasteiger partial charge in [-0.15, -0.1) is 0 Å². The molecule has 112 valence electrons. The van der Waals surface area contributed by atoms with Crippen molar-refractivity contribution >= 4 is 17.5 Å². The van der Waals surface area contributed by atoms with Crippen LogP contribution >= 0.6 is 0 Å². The van der Waals surface area contributed by atoms with Crippen LogP contribution < -0.4 is 10.6 Å². The number of hydrogen-bond acceptors (Lipinski definition) is 7. The Morgan fingerprint density at radius 1 is 1.40 bits per heavy atom. The van der Waals surface area contributed by atoms with Gasteiger partial charge in [0.25, 0.3) is 0 Å². The highest BCUT2D eigenvalue weighted by molar-refractivity contribution is 5.56. The first kappa shape index (κ1) is 16.1. The van der Waals surface area contributed by atoms with Crippen molar-refractivity contribution in [1.82, 2.24) is 9.97 Å². The van der Waals surface area contributed by atoms with Gasteiger partial charge >= 0.3 is 5.69 Å². The number of aliphatic hydroxyl groups is 1. The molecule has 8 heteroatoms. The van der Waals surface area contributed by atoms with E-state index >= 15 is 0 Å². The average molecular weight is 283 g/mol. The monoisotopic (exact) mass is 283 g/mol. The fourth-order valence-corrected chi connectivity index (χ4v) is 1.61. The van der Waals surface area contributed by atoms with E-state index in [0.717, 1.165) is 12.8 Å². The van der Waals surface area contributed by atoms with Gasteiger partial charge in [-0.3, -0.25) is 10.1 Å². The Bertz CT molecular complexity index is 441. The van der Waals surface area contributed by atoms with Gasteiger partial charge in [0.05, 0.1) is 11.0 Å². The minimum Gasteiger partial charge on any atom is -0.391 e. The first-order valence-electron chi connectivity index (χ1n) is 6.75. The molecule has 0 saturated carbocycles. The summed E-state index contributed by atoms with van der Waals surface area (Å²) in [6, 6.07) is 0. The van der Waals surface area contributed by atoms with Crippen molar-refractivity contribution in [3.05, 3.63) is 16.3 Å². The molecule has 1 atom stereocenters. The van der Waals surface area contributed by atoms with Gasteiger partial charge in [-0.2, -0.15) is 4.98 Å². The van der Waals surface area contributed by atoms with Crippen LogP contribution in [0.5, 0.6) is 0 Å². The smallest absolute Gasteiger partial charge is 0.329 e. The predicted octanol–water partition coefficient (Wildman–Crippen LogP) is 1.78. The normalized spacial score (nSPS) is 11.9. The zero-order chi connectivity index (χ0) is 15.0. The van der Waals surface area contributed by atoms with E-state index in [-0.39, 0.29) is 18.1 Å². The summed E-state index contributed by atoms with van der Waals surface area (Å²) in [5, 5.41) is 26.4. The Kier molecular flexibility index (Phi) is 6.65. The van der Waals surface area contributed by atoms with Gasteiger partial charge in [0, 0.05) is 13.1 Å². The number of aliphatic hydroxyl groups excluding tert-OH is 1. The van der Waals surface area contributed by atoms with Gasteiger partial charge in [-0.1, -0.05) is 20.3 Å². The summed E-state index contributed by atoms with van der Waals surface area (Å²) in [5.74, 6) is 0.462. The third kappa shape index (κ3) is 4.96. The Labute approximate surface area is 117 Å². The Balaban J connectivity index is 2.80. The van der Waals surface area contributed by atoms with Crippen LogP contribution in [0.15, 0.2) is 6.20 Å². The molecule has 1 unspecified atom stereocenters. The van der Waals surface area contributed by atoms with Crippen LogP contribution in [0.25, 0.3) is 0 Å². The number of nitrogens with one attached hydrogen (secondary N) is 2. The van der Waals surface area contributed by atoms with Gasteiger partial charge in [0.1, 0.15) is 6.20 Å². The topological polar surface area (TPSA) is 113 Å². The first-order chi connectivity index (χ1) is 9.58. The molecule has 0 aliphatic heterocycles. The lowest BCUT2D eigenvalue weighted by atomic mass is 10.2. The van der Waals surface area contributed by atoms with Crippen LogP contribution in [0.1, 0.15) is 33.1 Å². The first-order valence-corrected chi connectivity index (χ1v) is 6.75. The third-order valence-corrected chi connectivity index (χ3v) is 2.63. The minimum atomic E-state index is -0.554. The fraction of sp³-hybridized carbons (Fsp3) is 0.667. The molecule has 3 N–H and O–H groups in total. The summed E-state index contributed by atoms with van der Waals surface area (Å²) in [7, 11) is 0. The number of anilines is 2. The molecule has 8 nitrogen and oxygen atoms in total. The van der Waals surface area contributed by atoms with Crippen molar-refractivity contribution in [3.63, 3.8) is 0 Å². The zero-order valence-electron chi connectivity index (χ0n) is 11.8. The fourth-order valence-electron chi connectivity index (χ4n) is 1.61. The maximum atomic E-state index is 10.9. The molecule has 0 saturated heterocycles. The molecule has 1 aromatic rings. The lowest BCUT2D eigenvalue weighted by Gasteiger charge is -2.12. The Morgan fingerprint density at radius 2 is 2.15 bits per heavy atom.